The molecule has 3 heteroatoms. The molecule has 2 atom stereocenters. The van der Waals surface area contributed by atoms with Crippen molar-refractivity contribution in [3.05, 3.63) is 0 Å². The molecular formula is C5H9ClO2. The lowest BCUT2D eigenvalue weighted by Crippen LogP contribution is -2.32. The lowest BCUT2D eigenvalue weighted by molar-refractivity contribution is 0.0180. The van der Waals surface area contributed by atoms with Crippen LogP contribution in [0.3, 0.4) is 0 Å². The topological polar surface area (TPSA) is 29.5 Å². The van der Waals surface area contributed by atoms with E-state index in [0.29, 0.717) is 19.6 Å². The van der Waals surface area contributed by atoms with Gasteiger partial charge in [0.15, 0.2) is 0 Å². The Bertz CT molecular complexity index is 66.8. The summed E-state index contributed by atoms with van der Waals surface area (Å²) < 4.78 is 4.96. The Balaban J connectivity index is 2.28. The number of aliphatic hydroxyl groups is 1. The monoisotopic (exact) mass is 136 g/mol. The number of aliphatic hydroxyl groups excluding tert-OH is 1. The molecule has 0 aliphatic carbocycles. The van der Waals surface area contributed by atoms with Gasteiger partial charge >= 0.3 is 0 Å². The van der Waals surface area contributed by atoms with Gasteiger partial charge in [-0.1, -0.05) is 0 Å². The highest BCUT2D eigenvalue weighted by molar-refractivity contribution is 6.21. The van der Waals surface area contributed by atoms with Crippen molar-refractivity contribution in [2.75, 3.05) is 13.2 Å². The van der Waals surface area contributed by atoms with E-state index in [2.05, 4.69) is 0 Å². The summed E-state index contributed by atoms with van der Waals surface area (Å²) in [4.78, 5) is 0. The molecule has 2 nitrogen and oxygen atoms in total. The van der Waals surface area contributed by atoms with Crippen LogP contribution in [0, 0.1) is 0 Å². The Kier molecular flexibility index (Phi) is 2.11. The van der Waals surface area contributed by atoms with Crippen LogP contribution >= 0.6 is 11.6 Å². The number of alkyl halides is 1. The molecule has 0 saturated carbocycles. The van der Waals surface area contributed by atoms with E-state index in [1.54, 1.807) is 0 Å². The Morgan fingerprint density at radius 3 is 2.75 bits per heavy atom. The quantitative estimate of drug-likeness (QED) is 0.488. The largest absolute Gasteiger partial charge is 0.391 e. The van der Waals surface area contributed by atoms with Gasteiger partial charge in [-0.25, -0.2) is 0 Å². The number of ether oxygens (including phenoxy) is 1. The van der Waals surface area contributed by atoms with Crippen LogP contribution < -0.4 is 0 Å². The van der Waals surface area contributed by atoms with E-state index in [9.17, 15) is 0 Å². The molecule has 0 spiro atoms. The van der Waals surface area contributed by atoms with Crippen LogP contribution in [-0.4, -0.2) is 29.8 Å². The summed E-state index contributed by atoms with van der Waals surface area (Å²) in [5.74, 6) is 0. The van der Waals surface area contributed by atoms with Gasteiger partial charge in [0.25, 0.3) is 0 Å². The van der Waals surface area contributed by atoms with E-state index >= 15 is 0 Å². The van der Waals surface area contributed by atoms with E-state index in [1.165, 1.54) is 0 Å². The molecule has 0 aromatic carbocycles. The average Bonchev–Trinajstić information content (AvgIpc) is 1.77. The Hall–Kier alpha value is 0.210. The van der Waals surface area contributed by atoms with Crippen molar-refractivity contribution in [1.82, 2.24) is 0 Å². The fourth-order valence-electron chi connectivity index (χ4n) is 0.692. The highest BCUT2D eigenvalue weighted by atomic mass is 35.5. The summed E-state index contributed by atoms with van der Waals surface area (Å²) in [5, 5.41) is 8.77. The number of halogens is 1. The normalized spacial score (nSPS) is 39.8. The molecule has 1 unspecified atom stereocenters. The van der Waals surface area contributed by atoms with Gasteiger partial charge < -0.3 is 9.84 Å². The summed E-state index contributed by atoms with van der Waals surface area (Å²) in [5.41, 5.74) is 0. The fraction of sp³-hybridized carbons (Fsp3) is 1.00. The molecule has 1 aliphatic rings. The van der Waals surface area contributed by atoms with Crippen LogP contribution in [0.4, 0.5) is 0 Å². The first-order valence-corrected chi connectivity index (χ1v) is 3.14. The second-order valence-electron chi connectivity index (χ2n) is 1.95. The van der Waals surface area contributed by atoms with E-state index < -0.39 is 0 Å². The summed E-state index contributed by atoms with van der Waals surface area (Å²) in [6, 6.07) is 0. The summed E-state index contributed by atoms with van der Waals surface area (Å²) in [7, 11) is 0. The zero-order valence-electron chi connectivity index (χ0n) is 4.51. The molecular weight excluding hydrogens is 128 g/mol. The second-order valence-corrected chi connectivity index (χ2v) is 2.51. The molecule has 1 rings (SSSR count). The van der Waals surface area contributed by atoms with Crippen molar-refractivity contribution in [2.24, 2.45) is 0 Å². The van der Waals surface area contributed by atoms with Gasteiger partial charge in [-0.05, 0) is 6.42 Å². The highest BCUT2D eigenvalue weighted by Crippen LogP contribution is 2.12. The van der Waals surface area contributed by atoms with E-state index in [1.807, 2.05) is 0 Å². The molecule has 8 heavy (non-hydrogen) atoms. The Morgan fingerprint density at radius 2 is 2.38 bits per heavy atom. The Labute approximate surface area is 53.4 Å². The molecule has 1 saturated heterocycles. The van der Waals surface area contributed by atoms with Crippen LogP contribution in [0.15, 0.2) is 0 Å². The third-order valence-corrected chi connectivity index (χ3v) is 1.67. The summed E-state index contributed by atoms with van der Waals surface area (Å²) in [6.45, 7) is 1.13. The van der Waals surface area contributed by atoms with Gasteiger partial charge in [-0.15, -0.1) is 11.6 Å². The predicted molar refractivity (Wildman–Crippen MR) is 31.1 cm³/mol. The SMILES string of the molecule is OC1CCOC[C@H]1Cl. The van der Waals surface area contributed by atoms with Crippen molar-refractivity contribution in [3.8, 4) is 0 Å². The molecule has 1 N–H and O–H groups in total. The van der Waals surface area contributed by atoms with Crippen molar-refractivity contribution in [3.63, 3.8) is 0 Å². The van der Waals surface area contributed by atoms with Crippen LogP contribution in [0.1, 0.15) is 6.42 Å². The molecule has 0 aromatic rings. The maximum atomic E-state index is 8.97. The van der Waals surface area contributed by atoms with Gasteiger partial charge in [0, 0.05) is 6.61 Å². The van der Waals surface area contributed by atoms with Crippen LogP contribution in [0.2, 0.25) is 0 Å². The number of rotatable bonds is 0. The van der Waals surface area contributed by atoms with Crippen molar-refractivity contribution < 1.29 is 9.84 Å². The number of hydrogen-bond acceptors (Lipinski definition) is 2. The molecule has 0 radical (unpaired) electrons. The van der Waals surface area contributed by atoms with Gasteiger partial charge in [0.1, 0.15) is 0 Å². The third-order valence-electron chi connectivity index (χ3n) is 1.25. The lowest BCUT2D eigenvalue weighted by Gasteiger charge is -2.21. The molecule has 0 bridgehead atoms. The standard InChI is InChI=1S/C5H9ClO2/c6-4-3-8-2-1-5(4)7/h4-5,7H,1-3H2/t4-,5?/m1/s1. The summed E-state index contributed by atoms with van der Waals surface area (Å²) >= 11 is 5.59. The first-order chi connectivity index (χ1) is 3.80. The number of hydrogen-bond donors (Lipinski definition) is 1. The zero-order valence-corrected chi connectivity index (χ0v) is 5.27. The van der Waals surface area contributed by atoms with E-state index in [-0.39, 0.29) is 11.5 Å². The Morgan fingerprint density at radius 1 is 1.62 bits per heavy atom. The van der Waals surface area contributed by atoms with Crippen LogP contribution in [0.5, 0.6) is 0 Å². The molecule has 48 valence electrons. The maximum absolute atomic E-state index is 8.97. The zero-order chi connectivity index (χ0) is 5.98. The maximum Gasteiger partial charge on any atom is 0.0829 e. The van der Waals surface area contributed by atoms with E-state index in [0.717, 1.165) is 0 Å². The highest BCUT2D eigenvalue weighted by Gasteiger charge is 2.20. The lowest BCUT2D eigenvalue weighted by atomic mass is 10.2. The average molecular weight is 137 g/mol. The van der Waals surface area contributed by atoms with Gasteiger partial charge in [0.05, 0.1) is 18.1 Å². The minimum Gasteiger partial charge on any atom is -0.391 e. The van der Waals surface area contributed by atoms with Crippen LogP contribution in [-0.2, 0) is 4.74 Å². The molecule has 1 aliphatic heterocycles. The first-order valence-electron chi connectivity index (χ1n) is 2.70. The third kappa shape index (κ3) is 1.34. The smallest absolute Gasteiger partial charge is 0.0829 e. The minimum atomic E-state index is -0.356. The molecule has 0 aromatic heterocycles. The van der Waals surface area contributed by atoms with Crippen molar-refractivity contribution >= 4 is 11.6 Å². The van der Waals surface area contributed by atoms with Crippen LogP contribution in [0.25, 0.3) is 0 Å². The van der Waals surface area contributed by atoms with E-state index in [4.69, 9.17) is 21.4 Å². The molecule has 1 fully saturated rings. The van der Waals surface area contributed by atoms with Gasteiger partial charge in [0.2, 0.25) is 0 Å². The van der Waals surface area contributed by atoms with Crippen molar-refractivity contribution in [1.29, 1.82) is 0 Å². The predicted octanol–water partition coefficient (Wildman–Crippen LogP) is 0.375. The van der Waals surface area contributed by atoms with Crippen molar-refractivity contribution in [2.45, 2.75) is 17.9 Å². The van der Waals surface area contributed by atoms with Gasteiger partial charge in [-0.3, -0.25) is 0 Å². The first kappa shape index (κ1) is 6.33. The molecule has 1 heterocycles. The fourth-order valence-corrected chi connectivity index (χ4v) is 0.907. The minimum absolute atomic E-state index is 0.191. The second kappa shape index (κ2) is 2.67. The molecule has 0 amide bonds. The summed E-state index contributed by atoms with van der Waals surface area (Å²) in [6.07, 6.45) is 0.319. The van der Waals surface area contributed by atoms with Gasteiger partial charge in [-0.2, -0.15) is 0 Å².